The summed E-state index contributed by atoms with van der Waals surface area (Å²) in [6.07, 6.45) is -0.462. The molecule has 192 valence electrons. The molecule has 3 N–H and O–H groups in total. The van der Waals surface area contributed by atoms with Gasteiger partial charge in [0.25, 0.3) is 0 Å². The molecule has 3 aromatic rings. The van der Waals surface area contributed by atoms with Crippen LogP contribution in [0.15, 0.2) is 72.5 Å². The summed E-state index contributed by atoms with van der Waals surface area (Å²) >= 11 is 0. The average Bonchev–Trinajstić information content (AvgIpc) is 2.81. The van der Waals surface area contributed by atoms with Gasteiger partial charge in [0.2, 0.25) is 0 Å². The zero-order valence-corrected chi connectivity index (χ0v) is 20.9. The number of nitrogens with zero attached hydrogens (tertiary/aromatic N) is 4. The van der Waals surface area contributed by atoms with E-state index in [-0.39, 0.29) is 6.42 Å². The monoisotopic (exact) mass is 498 g/mol. The van der Waals surface area contributed by atoms with Crippen molar-refractivity contribution in [1.82, 2.24) is 19.8 Å². The van der Waals surface area contributed by atoms with Gasteiger partial charge in [-0.3, -0.25) is 4.90 Å². The van der Waals surface area contributed by atoms with Gasteiger partial charge in [-0.2, -0.15) is 13.2 Å². The smallest absolute Gasteiger partial charge is 0.405 e. The number of rotatable bonds is 11. The number of allylic oxidation sites excluding steroid dienone is 3. The minimum atomic E-state index is -4.46. The van der Waals surface area contributed by atoms with Crippen molar-refractivity contribution in [3.8, 4) is 0 Å². The maximum atomic E-state index is 13.5. The molecule has 0 aliphatic rings. The van der Waals surface area contributed by atoms with Crippen molar-refractivity contribution in [3.05, 3.63) is 83.8 Å². The second-order valence-electron chi connectivity index (χ2n) is 8.98. The Labute approximate surface area is 210 Å². The Morgan fingerprint density at radius 1 is 1.03 bits per heavy atom. The molecule has 9 heteroatoms. The molecule has 6 nitrogen and oxygen atoms in total. The first-order valence-electron chi connectivity index (χ1n) is 11.7. The first-order valence-corrected chi connectivity index (χ1v) is 11.7. The maximum Gasteiger partial charge on any atom is 0.413 e. The summed E-state index contributed by atoms with van der Waals surface area (Å²) < 4.78 is 40.6. The number of halogens is 3. The van der Waals surface area contributed by atoms with E-state index in [4.69, 9.17) is 15.7 Å². The van der Waals surface area contributed by atoms with Crippen LogP contribution in [0.2, 0.25) is 0 Å². The first kappa shape index (κ1) is 27.2. The molecule has 0 saturated carbocycles. The fourth-order valence-electron chi connectivity index (χ4n) is 3.78. The van der Waals surface area contributed by atoms with Crippen molar-refractivity contribution in [2.45, 2.75) is 25.6 Å². The third kappa shape index (κ3) is 8.07. The molecule has 0 aliphatic heterocycles. The Kier molecular flexibility index (Phi) is 9.44. The molecule has 1 aromatic heterocycles. The minimum Gasteiger partial charge on any atom is -0.405 e. The van der Waals surface area contributed by atoms with Crippen LogP contribution in [0, 0.1) is 0 Å². The molecule has 0 radical (unpaired) electrons. The van der Waals surface area contributed by atoms with Gasteiger partial charge in [-0.15, -0.1) is 0 Å². The SMILES string of the molecule is CN(C)CCCN(C)Cc1nc(Nc2ccccc2)c2ccc(C/C(=C\C=C/N)C(F)(F)F)cc2n1. The lowest BCUT2D eigenvalue weighted by Gasteiger charge is -2.18. The van der Waals surface area contributed by atoms with Gasteiger partial charge >= 0.3 is 6.18 Å². The van der Waals surface area contributed by atoms with Gasteiger partial charge in [-0.1, -0.05) is 30.3 Å². The Hall–Kier alpha value is -3.43. The van der Waals surface area contributed by atoms with Crippen molar-refractivity contribution >= 4 is 22.4 Å². The van der Waals surface area contributed by atoms with Crippen molar-refractivity contribution in [1.29, 1.82) is 0 Å². The summed E-state index contributed by atoms with van der Waals surface area (Å²) in [5.41, 5.74) is 6.53. The van der Waals surface area contributed by atoms with Gasteiger partial charge < -0.3 is 16.0 Å². The highest BCUT2D eigenvalue weighted by Gasteiger charge is 2.33. The van der Waals surface area contributed by atoms with E-state index in [1.807, 2.05) is 51.5 Å². The van der Waals surface area contributed by atoms with Crippen molar-refractivity contribution in [3.63, 3.8) is 0 Å². The number of para-hydroxylation sites is 1. The first-order chi connectivity index (χ1) is 17.2. The molecule has 1 heterocycles. The standard InChI is InChI=1S/C27H33F3N6/c1-35(2)15-8-16-36(3)19-25-33-24-18-20(17-21(9-7-14-31)27(28,29)30)12-13-23(24)26(34-25)32-22-10-5-4-6-11-22/h4-7,9-14,18H,8,15-17,19,31H2,1-3H3,(H,32,33,34)/b14-7-,21-9+. The van der Waals surface area contributed by atoms with Gasteiger partial charge in [0.05, 0.1) is 12.1 Å². The number of aromatic nitrogens is 2. The van der Waals surface area contributed by atoms with Crippen molar-refractivity contribution in [2.75, 3.05) is 39.5 Å². The number of alkyl halides is 3. The Balaban J connectivity index is 1.95. The Bertz CT molecular complexity index is 1190. The number of hydrogen-bond acceptors (Lipinski definition) is 6. The summed E-state index contributed by atoms with van der Waals surface area (Å²) in [6.45, 7) is 2.36. The van der Waals surface area contributed by atoms with E-state index in [2.05, 4.69) is 15.1 Å². The van der Waals surface area contributed by atoms with E-state index in [1.165, 1.54) is 6.08 Å². The molecule has 0 saturated heterocycles. The number of fused-ring (bicyclic) bond motifs is 1. The summed E-state index contributed by atoms with van der Waals surface area (Å²) in [5, 5.41) is 4.08. The molecular formula is C27H33F3N6. The lowest BCUT2D eigenvalue weighted by Crippen LogP contribution is -2.24. The lowest BCUT2D eigenvalue weighted by atomic mass is 10.0. The molecule has 2 aromatic carbocycles. The zero-order chi connectivity index (χ0) is 26.1. The highest BCUT2D eigenvalue weighted by atomic mass is 19.4. The van der Waals surface area contributed by atoms with Crippen LogP contribution >= 0.6 is 0 Å². The van der Waals surface area contributed by atoms with Crippen LogP contribution in [0.4, 0.5) is 24.7 Å². The predicted octanol–water partition coefficient (Wildman–Crippen LogP) is 5.26. The van der Waals surface area contributed by atoms with E-state index in [9.17, 15) is 13.2 Å². The number of benzene rings is 2. The van der Waals surface area contributed by atoms with E-state index >= 15 is 0 Å². The topological polar surface area (TPSA) is 70.3 Å². The zero-order valence-electron chi connectivity index (χ0n) is 20.9. The summed E-state index contributed by atoms with van der Waals surface area (Å²) in [6, 6.07) is 14.8. The van der Waals surface area contributed by atoms with Crippen LogP contribution in [0.25, 0.3) is 10.9 Å². The Morgan fingerprint density at radius 3 is 2.44 bits per heavy atom. The largest absolute Gasteiger partial charge is 0.413 e. The predicted molar refractivity (Wildman–Crippen MR) is 140 cm³/mol. The van der Waals surface area contributed by atoms with Crippen LogP contribution in [0.5, 0.6) is 0 Å². The molecule has 0 amide bonds. The molecule has 0 fully saturated rings. The van der Waals surface area contributed by atoms with Gasteiger partial charge in [-0.25, -0.2) is 9.97 Å². The Morgan fingerprint density at radius 2 is 1.78 bits per heavy atom. The van der Waals surface area contributed by atoms with Crippen LogP contribution in [0.3, 0.4) is 0 Å². The second kappa shape index (κ2) is 12.5. The summed E-state index contributed by atoms with van der Waals surface area (Å²) in [7, 11) is 6.09. The van der Waals surface area contributed by atoms with Crippen LogP contribution in [-0.4, -0.2) is 60.2 Å². The lowest BCUT2D eigenvalue weighted by molar-refractivity contribution is -0.0931. The quantitative estimate of drug-likeness (QED) is 0.352. The van der Waals surface area contributed by atoms with Crippen LogP contribution in [0.1, 0.15) is 17.8 Å². The fraction of sp³-hybridized carbons (Fsp3) is 0.333. The molecule has 36 heavy (non-hydrogen) atoms. The highest BCUT2D eigenvalue weighted by Crippen LogP contribution is 2.31. The number of anilines is 2. The molecular weight excluding hydrogens is 465 g/mol. The minimum absolute atomic E-state index is 0.283. The number of nitrogens with two attached hydrogens (primary N) is 1. The molecule has 0 atom stereocenters. The summed E-state index contributed by atoms with van der Waals surface area (Å²) in [5.74, 6) is 1.22. The van der Waals surface area contributed by atoms with Crippen molar-refractivity contribution in [2.24, 2.45) is 5.73 Å². The van der Waals surface area contributed by atoms with Gasteiger partial charge in [0.15, 0.2) is 0 Å². The highest BCUT2D eigenvalue weighted by molar-refractivity contribution is 5.91. The number of hydrogen-bond donors (Lipinski definition) is 2. The van der Waals surface area contributed by atoms with Gasteiger partial charge in [-0.05, 0) is 82.8 Å². The van der Waals surface area contributed by atoms with E-state index in [1.54, 1.807) is 18.2 Å². The molecule has 0 bridgehead atoms. The van der Waals surface area contributed by atoms with Gasteiger partial charge in [0, 0.05) is 23.1 Å². The van der Waals surface area contributed by atoms with Crippen molar-refractivity contribution < 1.29 is 13.2 Å². The maximum absolute atomic E-state index is 13.5. The second-order valence-corrected chi connectivity index (χ2v) is 8.98. The third-order valence-electron chi connectivity index (χ3n) is 5.57. The third-order valence-corrected chi connectivity index (χ3v) is 5.57. The normalized spacial score (nSPS) is 12.8. The van der Waals surface area contributed by atoms with E-state index < -0.39 is 11.7 Å². The molecule has 0 spiro atoms. The molecule has 0 aliphatic carbocycles. The van der Waals surface area contributed by atoms with Crippen LogP contribution < -0.4 is 11.1 Å². The molecule has 0 unspecified atom stereocenters. The van der Waals surface area contributed by atoms with E-state index in [0.29, 0.717) is 29.3 Å². The van der Waals surface area contributed by atoms with Gasteiger partial charge in [0.1, 0.15) is 11.6 Å². The average molecular weight is 499 g/mol. The fourth-order valence-corrected chi connectivity index (χ4v) is 3.78. The number of nitrogens with one attached hydrogen (secondary N) is 1. The van der Waals surface area contributed by atoms with E-state index in [0.717, 1.165) is 42.9 Å². The summed E-state index contributed by atoms with van der Waals surface area (Å²) in [4.78, 5) is 13.8. The molecule has 3 rings (SSSR count). The van der Waals surface area contributed by atoms with Crippen LogP contribution in [-0.2, 0) is 13.0 Å².